The van der Waals surface area contributed by atoms with Crippen molar-refractivity contribution in [2.24, 2.45) is 0 Å². The molecule has 21 heavy (non-hydrogen) atoms. The number of hydrogen-bond donors (Lipinski definition) is 1. The number of nitrogens with one attached hydrogen (secondary N) is 1. The summed E-state index contributed by atoms with van der Waals surface area (Å²) < 4.78 is 25.1. The number of sulfone groups is 1. The van der Waals surface area contributed by atoms with Crippen LogP contribution in [0, 0.1) is 10.1 Å². The Morgan fingerprint density at radius 1 is 1.24 bits per heavy atom. The largest absolute Gasteiger partial charge is 0.317 e. The summed E-state index contributed by atoms with van der Waals surface area (Å²) in [5.41, 5.74) is -0.502. The van der Waals surface area contributed by atoms with Crippen LogP contribution in [0.5, 0.6) is 0 Å². The van der Waals surface area contributed by atoms with Gasteiger partial charge in [-0.05, 0) is 17.5 Å². The molecule has 9 heteroatoms. The van der Waals surface area contributed by atoms with Crippen LogP contribution in [0.3, 0.4) is 0 Å². The molecular formula is C12H10N2O5S2. The number of nitro groups is 1. The molecule has 110 valence electrons. The highest BCUT2D eigenvalue weighted by atomic mass is 32.2. The lowest BCUT2D eigenvalue weighted by Crippen LogP contribution is -2.10. The molecule has 2 aromatic rings. The van der Waals surface area contributed by atoms with Crippen LogP contribution in [-0.4, -0.2) is 19.2 Å². The van der Waals surface area contributed by atoms with E-state index in [0.717, 1.165) is 17.4 Å². The van der Waals surface area contributed by atoms with E-state index in [-0.39, 0.29) is 9.90 Å². The number of benzene rings is 1. The van der Waals surface area contributed by atoms with Crippen LogP contribution >= 0.6 is 11.3 Å². The van der Waals surface area contributed by atoms with Crippen molar-refractivity contribution in [3.05, 3.63) is 45.8 Å². The van der Waals surface area contributed by atoms with E-state index in [2.05, 4.69) is 5.32 Å². The third-order valence-electron chi connectivity index (χ3n) is 2.56. The van der Waals surface area contributed by atoms with Gasteiger partial charge in [0, 0.05) is 13.0 Å². The first-order valence-corrected chi connectivity index (χ1v) is 8.04. The minimum absolute atomic E-state index is 0.139. The third kappa shape index (κ3) is 2.93. The number of amides is 1. The molecule has 0 aliphatic carbocycles. The Morgan fingerprint density at radius 2 is 1.90 bits per heavy atom. The summed E-state index contributed by atoms with van der Waals surface area (Å²) in [6, 6.07) is 6.39. The highest BCUT2D eigenvalue weighted by Gasteiger charge is 2.29. The van der Waals surface area contributed by atoms with Gasteiger partial charge >= 0.3 is 0 Å². The summed E-state index contributed by atoms with van der Waals surface area (Å²) >= 11 is 1.03. The van der Waals surface area contributed by atoms with Crippen LogP contribution in [0.1, 0.15) is 6.92 Å². The van der Waals surface area contributed by atoms with Crippen LogP contribution in [-0.2, 0) is 14.6 Å². The van der Waals surface area contributed by atoms with E-state index in [9.17, 15) is 23.3 Å². The highest BCUT2D eigenvalue weighted by molar-refractivity contribution is 7.92. The van der Waals surface area contributed by atoms with Gasteiger partial charge in [-0.25, -0.2) is 8.42 Å². The predicted molar refractivity (Wildman–Crippen MR) is 77.2 cm³/mol. The Morgan fingerprint density at radius 3 is 2.52 bits per heavy atom. The molecule has 2 rings (SSSR count). The molecule has 1 amide bonds. The molecule has 0 radical (unpaired) electrons. The molecule has 7 nitrogen and oxygen atoms in total. The van der Waals surface area contributed by atoms with Crippen molar-refractivity contribution in [1.82, 2.24) is 0 Å². The maximum atomic E-state index is 12.6. The Hall–Kier alpha value is -2.26. The Bertz CT molecular complexity index is 811. The molecule has 0 aliphatic heterocycles. The SMILES string of the molecule is CC(=O)Nc1sccc1S(=O)(=O)c1ccccc1[N+](=O)[O-]. The molecule has 0 fully saturated rings. The van der Waals surface area contributed by atoms with Crippen molar-refractivity contribution in [2.45, 2.75) is 16.7 Å². The Kier molecular flexibility index (Phi) is 4.05. The number of rotatable bonds is 4. The second kappa shape index (κ2) is 5.62. The fraction of sp³-hybridized carbons (Fsp3) is 0.0833. The molecule has 1 aromatic carbocycles. The van der Waals surface area contributed by atoms with Gasteiger partial charge in [0.15, 0.2) is 0 Å². The number of nitro benzene ring substituents is 1. The van der Waals surface area contributed by atoms with E-state index in [0.29, 0.717) is 0 Å². The van der Waals surface area contributed by atoms with Gasteiger partial charge < -0.3 is 5.32 Å². The van der Waals surface area contributed by atoms with E-state index in [4.69, 9.17) is 0 Å². The van der Waals surface area contributed by atoms with E-state index in [1.165, 1.54) is 36.6 Å². The highest BCUT2D eigenvalue weighted by Crippen LogP contribution is 2.35. The van der Waals surface area contributed by atoms with E-state index < -0.39 is 31.3 Å². The van der Waals surface area contributed by atoms with Gasteiger partial charge in [0.05, 0.1) is 4.92 Å². The number of carbonyl (C=O) groups is 1. The fourth-order valence-corrected chi connectivity index (χ4v) is 4.46. The number of hydrogen-bond acceptors (Lipinski definition) is 6. The monoisotopic (exact) mass is 326 g/mol. The minimum Gasteiger partial charge on any atom is -0.317 e. The molecule has 1 heterocycles. The van der Waals surface area contributed by atoms with E-state index in [1.807, 2.05) is 0 Å². The molecule has 0 aliphatic rings. The van der Waals surface area contributed by atoms with Crippen LogP contribution in [0.15, 0.2) is 45.5 Å². The summed E-state index contributed by atoms with van der Waals surface area (Å²) in [5, 5.41) is 15.0. The van der Waals surface area contributed by atoms with Gasteiger partial charge in [-0.15, -0.1) is 11.3 Å². The zero-order valence-electron chi connectivity index (χ0n) is 10.8. The summed E-state index contributed by atoms with van der Waals surface area (Å²) in [7, 11) is -4.09. The zero-order chi connectivity index (χ0) is 15.6. The molecule has 1 N–H and O–H groups in total. The van der Waals surface area contributed by atoms with Crippen LogP contribution in [0.2, 0.25) is 0 Å². The smallest absolute Gasteiger partial charge is 0.288 e. The number of thiophene rings is 1. The number of nitrogens with zero attached hydrogens (tertiary/aromatic N) is 1. The van der Waals surface area contributed by atoms with Crippen molar-refractivity contribution >= 4 is 37.8 Å². The fourth-order valence-electron chi connectivity index (χ4n) is 1.71. The van der Waals surface area contributed by atoms with Crippen molar-refractivity contribution < 1.29 is 18.1 Å². The lowest BCUT2D eigenvalue weighted by Gasteiger charge is -2.06. The molecule has 0 spiro atoms. The average Bonchev–Trinajstić information content (AvgIpc) is 2.86. The summed E-state index contributed by atoms with van der Waals surface area (Å²) in [5.74, 6) is -0.420. The average molecular weight is 326 g/mol. The van der Waals surface area contributed by atoms with Crippen molar-refractivity contribution in [3.63, 3.8) is 0 Å². The molecule has 0 atom stereocenters. The molecule has 0 unspecified atom stereocenters. The second-order valence-corrected chi connectivity index (χ2v) is 6.83. The van der Waals surface area contributed by atoms with Gasteiger partial charge in [0.1, 0.15) is 14.8 Å². The van der Waals surface area contributed by atoms with Crippen LogP contribution < -0.4 is 5.32 Å². The minimum atomic E-state index is -4.09. The van der Waals surface area contributed by atoms with Gasteiger partial charge in [0.25, 0.3) is 5.69 Å². The van der Waals surface area contributed by atoms with E-state index >= 15 is 0 Å². The lowest BCUT2D eigenvalue weighted by atomic mass is 10.3. The Balaban J connectivity index is 2.61. The number of carbonyl (C=O) groups excluding carboxylic acids is 1. The third-order valence-corrected chi connectivity index (χ3v) is 5.36. The molecular weight excluding hydrogens is 316 g/mol. The normalized spacial score (nSPS) is 11.1. The maximum Gasteiger partial charge on any atom is 0.288 e. The van der Waals surface area contributed by atoms with Crippen molar-refractivity contribution in [1.29, 1.82) is 0 Å². The van der Waals surface area contributed by atoms with Crippen molar-refractivity contribution in [3.8, 4) is 0 Å². The molecule has 0 saturated heterocycles. The molecule has 0 saturated carbocycles. The van der Waals surface area contributed by atoms with Gasteiger partial charge in [-0.2, -0.15) is 0 Å². The molecule has 0 bridgehead atoms. The lowest BCUT2D eigenvalue weighted by molar-refractivity contribution is -0.387. The second-order valence-electron chi connectivity index (χ2n) is 4.02. The standard InChI is InChI=1S/C12H10N2O5S2/c1-8(15)13-12-11(6-7-20-12)21(18,19)10-5-3-2-4-9(10)14(16)17/h2-7H,1H3,(H,13,15). The van der Waals surface area contributed by atoms with Gasteiger partial charge in [-0.3, -0.25) is 14.9 Å². The van der Waals surface area contributed by atoms with E-state index in [1.54, 1.807) is 0 Å². The zero-order valence-corrected chi connectivity index (χ0v) is 12.4. The topological polar surface area (TPSA) is 106 Å². The summed E-state index contributed by atoms with van der Waals surface area (Å²) in [6.07, 6.45) is 0. The van der Waals surface area contributed by atoms with Crippen LogP contribution in [0.4, 0.5) is 10.7 Å². The maximum absolute atomic E-state index is 12.6. The van der Waals surface area contributed by atoms with Gasteiger partial charge in [0.2, 0.25) is 15.7 Å². The number of para-hydroxylation sites is 1. The quantitative estimate of drug-likeness (QED) is 0.686. The first kappa shape index (κ1) is 15.1. The summed E-state index contributed by atoms with van der Waals surface area (Å²) in [6.45, 7) is 1.25. The predicted octanol–water partition coefficient (Wildman–Crippen LogP) is 2.45. The van der Waals surface area contributed by atoms with Gasteiger partial charge in [-0.1, -0.05) is 12.1 Å². The van der Waals surface area contributed by atoms with Crippen molar-refractivity contribution in [2.75, 3.05) is 5.32 Å². The Labute approximate surface area is 124 Å². The first-order valence-electron chi connectivity index (χ1n) is 5.67. The first-order chi connectivity index (χ1) is 9.84. The molecule has 1 aromatic heterocycles. The summed E-state index contributed by atoms with van der Waals surface area (Å²) in [4.78, 5) is 20.8. The number of anilines is 1. The van der Waals surface area contributed by atoms with Crippen LogP contribution in [0.25, 0.3) is 0 Å².